The van der Waals surface area contributed by atoms with E-state index in [1.165, 1.54) is 17.0 Å². The van der Waals surface area contributed by atoms with Crippen LogP contribution in [-0.4, -0.2) is 30.3 Å². The number of nitrogens with zero attached hydrogens (tertiary/aromatic N) is 2. The minimum atomic E-state index is -0.688. The summed E-state index contributed by atoms with van der Waals surface area (Å²) in [7, 11) is 1.81. The summed E-state index contributed by atoms with van der Waals surface area (Å²) in [5.74, 6) is -1.88. The molecule has 7 heteroatoms. The van der Waals surface area contributed by atoms with Gasteiger partial charge >= 0.3 is 5.91 Å². The number of Topliss-reactive ketones (excluding diaryl/α,β-unsaturated/α-hetero) is 1. The van der Waals surface area contributed by atoms with Gasteiger partial charge in [0.1, 0.15) is 5.82 Å². The Morgan fingerprint density at radius 1 is 1.08 bits per heavy atom. The molecule has 1 amide bonds. The summed E-state index contributed by atoms with van der Waals surface area (Å²) in [6.07, 6.45) is 0. The molecule has 0 bridgehead atoms. The van der Waals surface area contributed by atoms with Crippen molar-refractivity contribution in [2.75, 3.05) is 18.6 Å². The van der Waals surface area contributed by atoms with Crippen molar-refractivity contribution in [2.45, 2.75) is 6.54 Å². The van der Waals surface area contributed by atoms with Gasteiger partial charge in [0, 0.05) is 6.54 Å². The zero-order valence-electron chi connectivity index (χ0n) is 12.7. The molecule has 0 aliphatic carbocycles. The van der Waals surface area contributed by atoms with E-state index in [0.29, 0.717) is 22.3 Å². The summed E-state index contributed by atoms with van der Waals surface area (Å²) >= 11 is 11.9. The van der Waals surface area contributed by atoms with E-state index in [1.54, 1.807) is 12.1 Å². The molecule has 2 aromatic carbocycles. The minimum absolute atomic E-state index is 0.0999. The zero-order valence-corrected chi connectivity index (χ0v) is 14.2. The van der Waals surface area contributed by atoms with Crippen LogP contribution in [0.4, 0.5) is 10.1 Å². The van der Waals surface area contributed by atoms with Crippen molar-refractivity contribution < 1.29 is 14.0 Å². The van der Waals surface area contributed by atoms with Crippen LogP contribution in [0.5, 0.6) is 0 Å². The molecule has 1 aliphatic heterocycles. The quantitative estimate of drug-likeness (QED) is 0.773. The molecule has 1 heterocycles. The number of halogens is 3. The van der Waals surface area contributed by atoms with E-state index in [9.17, 15) is 14.0 Å². The molecule has 1 aliphatic rings. The maximum atomic E-state index is 13.3. The Bertz CT molecular complexity index is 841. The molecule has 0 fully saturated rings. The van der Waals surface area contributed by atoms with Crippen molar-refractivity contribution in [1.29, 1.82) is 0 Å². The van der Waals surface area contributed by atoms with Crippen LogP contribution in [-0.2, 0) is 11.3 Å². The van der Waals surface area contributed by atoms with Gasteiger partial charge in [-0.3, -0.25) is 19.4 Å². The van der Waals surface area contributed by atoms with Gasteiger partial charge in [-0.1, -0.05) is 29.3 Å². The van der Waals surface area contributed by atoms with Gasteiger partial charge in [-0.2, -0.15) is 0 Å². The van der Waals surface area contributed by atoms with Crippen LogP contribution in [0.2, 0.25) is 10.0 Å². The van der Waals surface area contributed by atoms with Crippen LogP contribution in [0.15, 0.2) is 36.4 Å². The molecule has 3 rings (SSSR count). The topological polar surface area (TPSA) is 40.6 Å². The average molecular weight is 367 g/mol. The highest BCUT2D eigenvalue weighted by Gasteiger charge is 2.36. The van der Waals surface area contributed by atoms with Crippen LogP contribution in [0.25, 0.3) is 0 Å². The molecule has 124 valence electrons. The fourth-order valence-electron chi connectivity index (χ4n) is 2.65. The standard InChI is InChI=1S/C17H13Cl2FN2O2/c1-21(8-10-2-4-13(18)14(19)6-10)9-22-15-5-3-11(20)7-12(15)16(23)17(22)24/h2-7H,8-9H2,1H3. The average Bonchev–Trinajstić information content (AvgIpc) is 2.76. The van der Waals surface area contributed by atoms with Crippen LogP contribution in [0, 0.1) is 5.82 Å². The van der Waals surface area contributed by atoms with Gasteiger partial charge in [-0.25, -0.2) is 4.39 Å². The molecular formula is C17H13Cl2FN2O2. The summed E-state index contributed by atoms with van der Waals surface area (Å²) in [5, 5.41) is 0.926. The summed E-state index contributed by atoms with van der Waals surface area (Å²) < 4.78 is 13.3. The van der Waals surface area contributed by atoms with Crippen molar-refractivity contribution in [1.82, 2.24) is 4.90 Å². The molecule has 24 heavy (non-hydrogen) atoms. The second-order valence-corrected chi connectivity index (χ2v) is 6.44. The van der Waals surface area contributed by atoms with E-state index in [-0.39, 0.29) is 12.2 Å². The number of amides is 1. The lowest BCUT2D eigenvalue weighted by Crippen LogP contribution is -2.38. The van der Waals surface area contributed by atoms with E-state index in [2.05, 4.69) is 0 Å². The van der Waals surface area contributed by atoms with Gasteiger partial charge in [-0.15, -0.1) is 0 Å². The number of ketones is 1. The van der Waals surface area contributed by atoms with Crippen LogP contribution in [0.1, 0.15) is 15.9 Å². The highest BCUT2D eigenvalue weighted by molar-refractivity contribution is 6.52. The number of benzene rings is 2. The summed E-state index contributed by atoms with van der Waals surface area (Å²) in [4.78, 5) is 27.3. The van der Waals surface area contributed by atoms with Crippen molar-refractivity contribution in [3.63, 3.8) is 0 Å². The molecule has 4 nitrogen and oxygen atoms in total. The van der Waals surface area contributed by atoms with Crippen LogP contribution in [0.3, 0.4) is 0 Å². The monoisotopic (exact) mass is 366 g/mol. The molecular weight excluding hydrogens is 354 g/mol. The van der Waals surface area contributed by atoms with Gasteiger partial charge in [0.05, 0.1) is 28.0 Å². The molecule has 0 unspecified atom stereocenters. The van der Waals surface area contributed by atoms with Gasteiger partial charge < -0.3 is 0 Å². The summed E-state index contributed by atoms with van der Waals surface area (Å²) in [5.41, 5.74) is 1.44. The first-order chi connectivity index (χ1) is 11.4. The molecule has 2 aromatic rings. The van der Waals surface area contributed by atoms with Gasteiger partial charge in [0.15, 0.2) is 0 Å². The number of hydrogen-bond acceptors (Lipinski definition) is 3. The maximum Gasteiger partial charge on any atom is 0.300 e. The molecule has 0 saturated carbocycles. The third-order valence-corrected chi connectivity index (χ3v) is 4.49. The van der Waals surface area contributed by atoms with E-state index in [4.69, 9.17) is 23.2 Å². The van der Waals surface area contributed by atoms with E-state index < -0.39 is 17.5 Å². The van der Waals surface area contributed by atoms with Gasteiger partial charge in [-0.05, 0) is 42.9 Å². The summed E-state index contributed by atoms with van der Waals surface area (Å²) in [6, 6.07) is 9.06. The van der Waals surface area contributed by atoms with Crippen LogP contribution < -0.4 is 4.90 Å². The fourth-order valence-corrected chi connectivity index (χ4v) is 2.97. The summed E-state index contributed by atoms with van der Waals surface area (Å²) in [6.45, 7) is 0.703. The first-order valence-corrected chi connectivity index (χ1v) is 7.90. The largest absolute Gasteiger partial charge is 0.300 e. The normalized spacial score (nSPS) is 13.8. The third kappa shape index (κ3) is 3.15. The Labute approximate surface area is 148 Å². The highest BCUT2D eigenvalue weighted by atomic mass is 35.5. The Balaban J connectivity index is 1.77. The molecule has 0 N–H and O–H groups in total. The predicted molar refractivity (Wildman–Crippen MR) is 91.0 cm³/mol. The second kappa shape index (κ2) is 6.51. The van der Waals surface area contributed by atoms with E-state index in [0.717, 1.165) is 11.6 Å². The highest BCUT2D eigenvalue weighted by Crippen LogP contribution is 2.30. The molecule has 0 spiro atoms. The number of carbonyl (C=O) groups excluding carboxylic acids is 2. The van der Waals surface area contributed by atoms with E-state index >= 15 is 0 Å². The fraction of sp³-hybridized carbons (Fsp3) is 0.176. The molecule has 0 atom stereocenters. The Kier molecular flexibility index (Phi) is 4.58. The number of carbonyl (C=O) groups is 2. The lowest BCUT2D eigenvalue weighted by molar-refractivity contribution is -0.114. The van der Waals surface area contributed by atoms with Crippen molar-refractivity contribution in [2.24, 2.45) is 0 Å². The first-order valence-electron chi connectivity index (χ1n) is 7.15. The number of hydrogen-bond donors (Lipinski definition) is 0. The number of anilines is 1. The second-order valence-electron chi connectivity index (χ2n) is 5.63. The van der Waals surface area contributed by atoms with Crippen molar-refractivity contribution in [3.05, 3.63) is 63.4 Å². The van der Waals surface area contributed by atoms with Crippen molar-refractivity contribution >= 4 is 40.6 Å². The SMILES string of the molecule is CN(Cc1ccc(Cl)c(Cl)c1)CN1C(=O)C(=O)c2cc(F)ccc21. The van der Waals surface area contributed by atoms with Crippen LogP contribution >= 0.6 is 23.2 Å². The molecule has 0 aromatic heterocycles. The first kappa shape index (κ1) is 16.9. The number of rotatable bonds is 4. The van der Waals surface area contributed by atoms with Crippen molar-refractivity contribution in [3.8, 4) is 0 Å². The Hall–Kier alpha value is -1.95. The zero-order chi connectivity index (χ0) is 17.4. The number of fused-ring (bicyclic) bond motifs is 1. The minimum Gasteiger partial charge on any atom is -0.291 e. The Morgan fingerprint density at radius 2 is 1.83 bits per heavy atom. The smallest absolute Gasteiger partial charge is 0.291 e. The van der Waals surface area contributed by atoms with Gasteiger partial charge in [0.25, 0.3) is 5.78 Å². The molecule has 0 saturated heterocycles. The predicted octanol–water partition coefficient (Wildman–Crippen LogP) is 3.75. The lowest BCUT2D eigenvalue weighted by Gasteiger charge is -2.24. The lowest BCUT2D eigenvalue weighted by atomic mass is 10.1. The molecule has 0 radical (unpaired) electrons. The maximum absolute atomic E-state index is 13.3. The van der Waals surface area contributed by atoms with E-state index in [1.807, 2.05) is 18.0 Å². The Morgan fingerprint density at radius 3 is 2.54 bits per heavy atom. The third-order valence-electron chi connectivity index (χ3n) is 3.75. The van der Waals surface area contributed by atoms with Gasteiger partial charge in [0.2, 0.25) is 0 Å².